The molecule has 2 aromatic rings. The highest BCUT2D eigenvalue weighted by molar-refractivity contribution is 6.07. The number of benzene rings is 2. The smallest absolute Gasteiger partial charge is 0.255 e. The minimum absolute atomic E-state index is 0.241. The highest BCUT2D eigenvalue weighted by Crippen LogP contribution is 2.30. The number of primary amides is 1. The SMILES string of the molecule is CCOc1ccc(C(=O)Nc2cc(C(N)=O)ccc2N2CCCC2)cc1. The van der Waals surface area contributed by atoms with Crippen molar-refractivity contribution in [2.45, 2.75) is 19.8 Å². The van der Waals surface area contributed by atoms with E-state index < -0.39 is 5.91 Å². The van der Waals surface area contributed by atoms with Crippen molar-refractivity contribution < 1.29 is 14.3 Å². The second-order valence-corrected chi connectivity index (χ2v) is 6.20. The van der Waals surface area contributed by atoms with E-state index >= 15 is 0 Å². The number of anilines is 2. The summed E-state index contributed by atoms with van der Waals surface area (Å²) in [5.74, 6) is -0.0396. The normalized spacial score (nSPS) is 13.5. The van der Waals surface area contributed by atoms with Crippen molar-refractivity contribution in [2.75, 3.05) is 29.9 Å². The third kappa shape index (κ3) is 3.96. The van der Waals surface area contributed by atoms with Crippen LogP contribution in [0.5, 0.6) is 5.75 Å². The lowest BCUT2D eigenvalue weighted by Gasteiger charge is -2.22. The molecule has 26 heavy (non-hydrogen) atoms. The summed E-state index contributed by atoms with van der Waals surface area (Å²) in [6, 6.07) is 12.1. The van der Waals surface area contributed by atoms with Gasteiger partial charge < -0.3 is 20.7 Å². The average Bonchev–Trinajstić information content (AvgIpc) is 3.17. The zero-order chi connectivity index (χ0) is 18.5. The third-order valence-electron chi connectivity index (χ3n) is 4.40. The largest absolute Gasteiger partial charge is 0.494 e. The zero-order valence-corrected chi connectivity index (χ0v) is 14.8. The lowest BCUT2D eigenvalue weighted by Crippen LogP contribution is -2.22. The van der Waals surface area contributed by atoms with Crippen LogP contribution in [0, 0.1) is 0 Å². The van der Waals surface area contributed by atoms with Gasteiger partial charge in [0.05, 0.1) is 18.0 Å². The number of hydrogen-bond acceptors (Lipinski definition) is 4. The van der Waals surface area contributed by atoms with E-state index in [1.54, 1.807) is 36.4 Å². The van der Waals surface area contributed by atoms with Crippen molar-refractivity contribution in [2.24, 2.45) is 5.73 Å². The molecule has 0 saturated carbocycles. The number of carbonyl (C=O) groups is 2. The lowest BCUT2D eigenvalue weighted by atomic mass is 10.1. The van der Waals surface area contributed by atoms with Crippen molar-refractivity contribution in [3.63, 3.8) is 0 Å². The van der Waals surface area contributed by atoms with Gasteiger partial charge in [-0.1, -0.05) is 0 Å². The Morgan fingerprint density at radius 3 is 2.35 bits per heavy atom. The maximum Gasteiger partial charge on any atom is 0.255 e. The molecule has 1 aliphatic heterocycles. The quantitative estimate of drug-likeness (QED) is 0.836. The van der Waals surface area contributed by atoms with Crippen molar-refractivity contribution in [1.29, 1.82) is 0 Å². The minimum atomic E-state index is -0.519. The van der Waals surface area contributed by atoms with Gasteiger partial charge in [-0.05, 0) is 62.2 Å². The van der Waals surface area contributed by atoms with E-state index in [2.05, 4.69) is 10.2 Å². The summed E-state index contributed by atoms with van der Waals surface area (Å²) < 4.78 is 5.40. The molecule has 6 nitrogen and oxygen atoms in total. The molecule has 3 rings (SSSR count). The van der Waals surface area contributed by atoms with Gasteiger partial charge in [-0.3, -0.25) is 9.59 Å². The Balaban J connectivity index is 1.85. The first-order chi connectivity index (χ1) is 12.6. The Morgan fingerprint density at radius 2 is 1.73 bits per heavy atom. The van der Waals surface area contributed by atoms with Crippen LogP contribution in [0.1, 0.15) is 40.5 Å². The Hall–Kier alpha value is -3.02. The molecule has 0 aromatic heterocycles. The summed E-state index contributed by atoms with van der Waals surface area (Å²) in [6.07, 6.45) is 2.23. The van der Waals surface area contributed by atoms with Crippen LogP contribution in [0.25, 0.3) is 0 Å². The molecule has 1 saturated heterocycles. The number of rotatable bonds is 6. The molecular weight excluding hydrogens is 330 g/mol. The maximum atomic E-state index is 12.6. The number of amides is 2. The molecule has 3 N–H and O–H groups in total. The molecule has 2 amide bonds. The van der Waals surface area contributed by atoms with Crippen molar-refractivity contribution in [3.8, 4) is 5.75 Å². The molecule has 0 radical (unpaired) electrons. The van der Waals surface area contributed by atoms with Crippen LogP contribution in [0.15, 0.2) is 42.5 Å². The first-order valence-corrected chi connectivity index (χ1v) is 8.81. The van der Waals surface area contributed by atoms with Crippen LogP contribution in [0.3, 0.4) is 0 Å². The Morgan fingerprint density at radius 1 is 1.08 bits per heavy atom. The lowest BCUT2D eigenvalue weighted by molar-refractivity contribution is 0.0996. The topological polar surface area (TPSA) is 84.7 Å². The summed E-state index contributed by atoms with van der Waals surface area (Å²) in [5, 5.41) is 2.92. The first kappa shape index (κ1) is 17.8. The molecule has 136 valence electrons. The molecule has 1 fully saturated rings. The van der Waals surface area contributed by atoms with E-state index in [-0.39, 0.29) is 5.91 Å². The van der Waals surface area contributed by atoms with E-state index in [0.717, 1.165) is 37.4 Å². The Bertz CT molecular complexity index is 796. The Kier molecular flexibility index (Phi) is 5.41. The molecule has 2 aromatic carbocycles. The number of nitrogens with one attached hydrogen (secondary N) is 1. The summed E-state index contributed by atoms with van der Waals surface area (Å²) in [5.41, 5.74) is 7.79. The van der Waals surface area contributed by atoms with E-state index in [9.17, 15) is 9.59 Å². The van der Waals surface area contributed by atoms with E-state index in [1.165, 1.54) is 0 Å². The number of ether oxygens (including phenoxy) is 1. The van der Waals surface area contributed by atoms with Gasteiger partial charge in [0.1, 0.15) is 5.75 Å². The van der Waals surface area contributed by atoms with Gasteiger partial charge in [0.15, 0.2) is 0 Å². The molecule has 0 atom stereocenters. The minimum Gasteiger partial charge on any atom is -0.494 e. The molecular formula is C20H23N3O3. The fourth-order valence-corrected chi connectivity index (χ4v) is 3.09. The van der Waals surface area contributed by atoms with Crippen LogP contribution < -0.4 is 20.7 Å². The van der Waals surface area contributed by atoms with Gasteiger partial charge in [0.25, 0.3) is 5.91 Å². The second-order valence-electron chi connectivity index (χ2n) is 6.20. The van der Waals surface area contributed by atoms with Crippen LogP contribution in [-0.4, -0.2) is 31.5 Å². The average molecular weight is 353 g/mol. The number of nitrogens with two attached hydrogens (primary N) is 1. The maximum absolute atomic E-state index is 12.6. The standard InChI is InChI=1S/C20H23N3O3/c1-2-26-16-8-5-14(6-9-16)20(25)22-17-13-15(19(21)24)7-10-18(17)23-11-3-4-12-23/h5-10,13H,2-4,11-12H2,1H3,(H2,21,24)(H,22,25). The van der Waals surface area contributed by atoms with Gasteiger partial charge in [-0.2, -0.15) is 0 Å². The highest BCUT2D eigenvalue weighted by Gasteiger charge is 2.19. The van der Waals surface area contributed by atoms with E-state index in [4.69, 9.17) is 10.5 Å². The predicted molar refractivity (Wildman–Crippen MR) is 102 cm³/mol. The molecule has 6 heteroatoms. The highest BCUT2D eigenvalue weighted by atomic mass is 16.5. The first-order valence-electron chi connectivity index (χ1n) is 8.81. The van der Waals surface area contributed by atoms with Crippen molar-refractivity contribution >= 4 is 23.2 Å². The van der Waals surface area contributed by atoms with Gasteiger partial charge >= 0.3 is 0 Å². The van der Waals surface area contributed by atoms with Crippen LogP contribution in [0.4, 0.5) is 11.4 Å². The number of hydrogen-bond donors (Lipinski definition) is 2. The van der Waals surface area contributed by atoms with Crippen LogP contribution in [-0.2, 0) is 0 Å². The van der Waals surface area contributed by atoms with Gasteiger partial charge in [-0.15, -0.1) is 0 Å². The van der Waals surface area contributed by atoms with Gasteiger partial charge in [-0.25, -0.2) is 0 Å². The molecule has 0 aliphatic carbocycles. The monoisotopic (exact) mass is 353 g/mol. The third-order valence-corrected chi connectivity index (χ3v) is 4.40. The van der Waals surface area contributed by atoms with Crippen LogP contribution >= 0.6 is 0 Å². The van der Waals surface area contributed by atoms with Crippen LogP contribution in [0.2, 0.25) is 0 Å². The summed E-state index contributed by atoms with van der Waals surface area (Å²) in [7, 11) is 0. The molecule has 1 heterocycles. The van der Waals surface area contributed by atoms with Crippen molar-refractivity contribution in [3.05, 3.63) is 53.6 Å². The van der Waals surface area contributed by atoms with Gasteiger partial charge in [0, 0.05) is 24.2 Å². The molecule has 0 bridgehead atoms. The summed E-state index contributed by atoms with van der Waals surface area (Å²) >= 11 is 0. The summed E-state index contributed by atoms with van der Waals surface area (Å²) in [4.78, 5) is 26.4. The fraction of sp³-hybridized carbons (Fsp3) is 0.300. The predicted octanol–water partition coefficient (Wildman–Crippen LogP) is 3.04. The van der Waals surface area contributed by atoms with Gasteiger partial charge in [0.2, 0.25) is 5.91 Å². The number of nitrogens with zero attached hydrogens (tertiary/aromatic N) is 1. The molecule has 0 spiro atoms. The fourth-order valence-electron chi connectivity index (χ4n) is 3.09. The van der Waals surface area contributed by atoms with Crippen molar-refractivity contribution in [1.82, 2.24) is 0 Å². The zero-order valence-electron chi connectivity index (χ0n) is 14.8. The second kappa shape index (κ2) is 7.91. The molecule has 0 unspecified atom stereocenters. The van der Waals surface area contributed by atoms with E-state index in [0.29, 0.717) is 23.4 Å². The number of carbonyl (C=O) groups excluding carboxylic acids is 2. The van der Waals surface area contributed by atoms with E-state index in [1.807, 2.05) is 13.0 Å². The Labute approximate surface area is 152 Å². The molecule has 1 aliphatic rings. The summed E-state index contributed by atoms with van der Waals surface area (Å²) in [6.45, 7) is 4.35.